The van der Waals surface area contributed by atoms with Crippen LogP contribution < -0.4 is 5.32 Å². The van der Waals surface area contributed by atoms with Gasteiger partial charge in [0.1, 0.15) is 11.9 Å². The average Bonchev–Trinajstić information content (AvgIpc) is 3.41. The highest BCUT2D eigenvalue weighted by Crippen LogP contribution is 2.21. The lowest BCUT2D eigenvalue weighted by Gasteiger charge is -2.14. The standard InChI is InChI=1S/C24H25N5O3S/c1-2-29-21(12-16-8-4-3-5-9-16)27-28-24(29)33-15-22(30)26-20(23(31)32)13-17-14-25-19-11-7-6-10-18(17)19/h3-11,14,20,25H,2,12-13,15H2,1H3,(H,26,30)(H,31,32)/t20-/m0/s1. The van der Waals surface area contributed by atoms with Crippen LogP contribution in [0.5, 0.6) is 0 Å². The van der Waals surface area contributed by atoms with E-state index in [2.05, 4.69) is 20.5 Å². The van der Waals surface area contributed by atoms with E-state index < -0.39 is 12.0 Å². The number of carbonyl (C=O) groups is 2. The van der Waals surface area contributed by atoms with Crippen LogP contribution in [0.15, 0.2) is 66.0 Å². The highest BCUT2D eigenvalue weighted by molar-refractivity contribution is 7.99. The van der Waals surface area contributed by atoms with Crippen LogP contribution in [0.4, 0.5) is 0 Å². The molecule has 0 aliphatic rings. The molecule has 2 aromatic heterocycles. The fourth-order valence-electron chi connectivity index (χ4n) is 3.74. The van der Waals surface area contributed by atoms with Crippen LogP contribution in [0.2, 0.25) is 0 Å². The molecule has 0 fully saturated rings. The number of hydrogen-bond acceptors (Lipinski definition) is 5. The SMILES string of the molecule is CCn1c(Cc2ccccc2)nnc1SCC(=O)N[C@@H](Cc1c[nH]c2ccccc12)C(=O)O. The van der Waals surface area contributed by atoms with Crippen LogP contribution in [-0.4, -0.2) is 48.5 Å². The van der Waals surface area contributed by atoms with E-state index in [9.17, 15) is 14.7 Å². The number of H-pyrrole nitrogens is 1. The highest BCUT2D eigenvalue weighted by Gasteiger charge is 2.22. The Kier molecular flexibility index (Phi) is 7.09. The molecule has 4 aromatic rings. The molecular formula is C24H25N5O3S. The number of benzene rings is 2. The van der Waals surface area contributed by atoms with Crippen LogP contribution in [0.25, 0.3) is 10.9 Å². The summed E-state index contributed by atoms with van der Waals surface area (Å²) in [5, 5.41) is 22.4. The molecule has 0 aliphatic heterocycles. The number of thioether (sulfide) groups is 1. The Labute approximate surface area is 195 Å². The normalized spacial score (nSPS) is 12.0. The number of nitrogens with zero attached hydrogens (tertiary/aromatic N) is 3. The molecule has 0 bridgehead atoms. The first-order valence-electron chi connectivity index (χ1n) is 10.7. The molecule has 1 amide bonds. The zero-order valence-electron chi connectivity index (χ0n) is 18.2. The van der Waals surface area contributed by atoms with Crippen LogP contribution >= 0.6 is 11.8 Å². The second-order valence-electron chi connectivity index (χ2n) is 7.62. The van der Waals surface area contributed by atoms with Crippen molar-refractivity contribution in [2.24, 2.45) is 0 Å². The minimum absolute atomic E-state index is 0.0567. The van der Waals surface area contributed by atoms with Gasteiger partial charge in [-0.1, -0.05) is 60.3 Å². The van der Waals surface area contributed by atoms with E-state index in [0.717, 1.165) is 27.9 Å². The van der Waals surface area contributed by atoms with Crippen molar-refractivity contribution in [1.29, 1.82) is 0 Å². The summed E-state index contributed by atoms with van der Waals surface area (Å²) in [6, 6.07) is 16.7. The number of fused-ring (bicyclic) bond motifs is 1. The number of amides is 1. The van der Waals surface area contributed by atoms with Gasteiger partial charge in [-0.25, -0.2) is 4.79 Å². The van der Waals surface area contributed by atoms with Crippen molar-refractivity contribution in [3.05, 3.63) is 77.7 Å². The lowest BCUT2D eigenvalue weighted by Crippen LogP contribution is -2.43. The summed E-state index contributed by atoms with van der Waals surface area (Å²) in [5.41, 5.74) is 2.92. The zero-order chi connectivity index (χ0) is 23.2. The van der Waals surface area contributed by atoms with Crippen molar-refractivity contribution < 1.29 is 14.7 Å². The van der Waals surface area contributed by atoms with Gasteiger partial charge in [-0.3, -0.25) is 4.79 Å². The molecule has 2 aromatic carbocycles. The third-order valence-electron chi connectivity index (χ3n) is 5.38. The first-order valence-corrected chi connectivity index (χ1v) is 11.7. The first kappa shape index (κ1) is 22.6. The molecule has 8 nitrogen and oxygen atoms in total. The molecular weight excluding hydrogens is 438 g/mol. The number of carbonyl (C=O) groups excluding carboxylic acids is 1. The smallest absolute Gasteiger partial charge is 0.326 e. The minimum atomic E-state index is -1.07. The Morgan fingerprint density at radius 1 is 1.12 bits per heavy atom. The third-order valence-corrected chi connectivity index (χ3v) is 6.35. The molecule has 9 heteroatoms. The molecule has 0 saturated carbocycles. The molecule has 2 heterocycles. The number of nitrogens with one attached hydrogen (secondary N) is 2. The van der Waals surface area contributed by atoms with Crippen LogP contribution in [0.1, 0.15) is 23.9 Å². The van der Waals surface area contributed by atoms with Gasteiger partial charge in [0.2, 0.25) is 5.91 Å². The van der Waals surface area contributed by atoms with Crippen LogP contribution in [0, 0.1) is 0 Å². The topological polar surface area (TPSA) is 113 Å². The van der Waals surface area contributed by atoms with E-state index in [-0.39, 0.29) is 18.1 Å². The van der Waals surface area contributed by atoms with E-state index in [1.807, 2.05) is 66.1 Å². The summed E-state index contributed by atoms with van der Waals surface area (Å²) >= 11 is 1.25. The zero-order valence-corrected chi connectivity index (χ0v) is 19.0. The molecule has 1 atom stereocenters. The monoisotopic (exact) mass is 463 g/mol. The van der Waals surface area contributed by atoms with Gasteiger partial charge in [0, 0.05) is 36.5 Å². The maximum atomic E-state index is 12.6. The Hall–Kier alpha value is -3.59. The van der Waals surface area contributed by atoms with Crippen molar-refractivity contribution in [2.45, 2.75) is 37.5 Å². The summed E-state index contributed by atoms with van der Waals surface area (Å²) < 4.78 is 1.98. The number of rotatable bonds is 10. The van der Waals surface area contributed by atoms with Gasteiger partial charge < -0.3 is 20.0 Å². The second-order valence-corrected chi connectivity index (χ2v) is 8.56. The van der Waals surface area contributed by atoms with Gasteiger partial charge >= 0.3 is 5.97 Å². The van der Waals surface area contributed by atoms with Gasteiger partial charge in [-0.2, -0.15) is 0 Å². The number of carboxylic acid groups (broad SMARTS) is 1. The van der Waals surface area contributed by atoms with Crippen molar-refractivity contribution in [3.63, 3.8) is 0 Å². The highest BCUT2D eigenvalue weighted by atomic mass is 32.2. The molecule has 0 unspecified atom stereocenters. The lowest BCUT2D eigenvalue weighted by molar-refractivity contribution is -0.141. The van der Waals surface area contributed by atoms with E-state index in [4.69, 9.17) is 0 Å². The fraction of sp³-hybridized carbons (Fsp3) is 0.250. The largest absolute Gasteiger partial charge is 0.480 e. The number of para-hydroxylation sites is 1. The summed E-state index contributed by atoms with van der Waals surface area (Å²) in [5.74, 6) is -0.543. The van der Waals surface area contributed by atoms with Gasteiger partial charge in [-0.05, 0) is 24.1 Å². The maximum Gasteiger partial charge on any atom is 0.326 e. The summed E-state index contributed by atoms with van der Waals surface area (Å²) in [6.45, 7) is 2.68. The first-order chi connectivity index (χ1) is 16.0. The van der Waals surface area contributed by atoms with Gasteiger partial charge in [0.25, 0.3) is 0 Å². The lowest BCUT2D eigenvalue weighted by atomic mass is 10.1. The van der Waals surface area contributed by atoms with Crippen LogP contribution in [-0.2, 0) is 29.0 Å². The van der Waals surface area contributed by atoms with E-state index in [1.165, 1.54) is 11.8 Å². The average molecular weight is 464 g/mol. The number of aromatic amines is 1. The fourth-order valence-corrected chi connectivity index (χ4v) is 4.57. The van der Waals surface area contributed by atoms with E-state index >= 15 is 0 Å². The van der Waals surface area contributed by atoms with E-state index in [0.29, 0.717) is 18.1 Å². The predicted molar refractivity (Wildman–Crippen MR) is 127 cm³/mol. The molecule has 170 valence electrons. The third kappa shape index (κ3) is 5.43. The summed E-state index contributed by atoms with van der Waals surface area (Å²) in [6.07, 6.45) is 2.64. The molecule has 0 spiro atoms. The van der Waals surface area contributed by atoms with Crippen molar-refractivity contribution in [3.8, 4) is 0 Å². The quantitative estimate of drug-likeness (QED) is 0.311. The Morgan fingerprint density at radius 2 is 1.88 bits per heavy atom. The Morgan fingerprint density at radius 3 is 2.64 bits per heavy atom. The molecule has 4 rings (SSSR count). The number of aromatic nitrogens is 4. The van der Waals surface area contributed by atoms with Gasteiger partial charge in [0.15, 0.2) is 5.16 Å². The molecule has 0 radical (unpaired) electrons. The van der Waals surface area contributed by atoms with Gasteiger partial charge in [-0.15, -0.1) is 10.2 Å². The molecule has 3 N–H and O–H groups in total. The Bertz CT molecular complexity index is 1250. The van der Waals surface area contributed by atoms with Crippen LogP contribution in [0.3, 0.4) is 0 Å². The number of hydrogen-bond donors (Lipinski definition) is 3. The molecule has 33 heavy (non-hydrogen) atoms. The predicted octanol–water partition coefficient (Wildman–Crippen LogP) is 3.27. The number of aliphatic carboxylic acids is 1. The second kappa shape index (κ2) is 10.4. The van der Waals surface area contributed by atoms with Crippen molar-refractivity contribution in [1.82, 2.24) is 25.1 Å². The molecule has 0 saturated heterocycles. The summed E-state index contributed by atoms with van der Waals surface area (Å²) in [4.78, 5) is 27.5. The molecule has 0 aliphatic carbocycles. The minimum Gasteiger partial charge on any atom is -0.480 e. The number of carboxylic acids is 1. The van der Waals surface area contributed by atoms with Gasteiger partial charge in [0.05, 0.1) is 5.75 Å². The Balaban J connectivity index is 1.38. The van der Waals surface area contributed by atoms with Crippen molar-refractivity contribution >= 4 is 34.5 Å². The van der Waals surface area contributed by atoms with Crippen molar-refractivity contribution in [2.75, 3.05) is 5.75 Å². The maximum absolute atomic E-state index is 12.6. The summed E-state index contributed by atoms with van der Waals surface area (Å²) in [7, 11) is 0. The van der Waals surface area contributed by atoms with E-state index in [1.54, 1.807) is 6.20 Å².